The zero-order valence-corrected chi connectivity index (χ0v) is 11.8. The SMILES string of the molecule is Cl.N#Cc1cccnc1S(=O)(=O)NC1CCNCC1. The molecule has 1 aliphatic heterocycles. The maximum Gasteiger partial charge on any atom is 0.259 e. The van der Waals surface area contributed by atoms with E-state index in [9.17, 15) is 8.42 Å². The van der Waals surface area contributed by atoms with E-state index in [1.807, 2.05) is 6.07 Å². The monoisotopic (exact) mass is 302 g/mol. The van der Waals surface area contributed by atoms with Gasteiger partial charge in [0.2, 0.25) is 0 Å². The van der Waals surface area contributed by atoms with E-state index in [0.717, 1.165) is 25.9 Å². The summed E-state index contributed by atoms with van der Waals surface area (Å²) in [4.78, 5) is 3.80. The Labute approximate surface area is 118 Å². The summed E-state index contributed by atoms with van der Waals surface area (Å²) in [6.45, 7) is 1.58. The fourth-order valence-electron chi connectivity index (χ4n) is 1.91. The average molecular weight is 303 g/mol. The topological polar surface area (TPSA) is 94.9 Å². The van der Waals surface area contributed by atoms with Gasteiger partial charge in [-0.1, -0.05) is 0 Å². The molecule has 0 aromatic carbocycles. The number of sulfonamides is 1. The molecule has 0 radical (unpaired) electrons. The van der Waals surface area contributed by atoms with Crippen LogP contribution in [-0.4, -0.2) is 32.5 Å². The Hall–Kier alpha value is -1.20. The molecule has 0 spiro atoms. The third-order valence-corrected chi connectivity index (χ3v) is 4.29. The molecule has 0 aliphatic carbocycles. The van der Waals surface area contributed by atoms with Gasteiger partial charge in [0, 0.05) is 12.2 Å². The zero-order chi connectivity index (χ0) is 13.0. The van der Waals surface area contributed by atoms with E-state index in [0.29, 0.717) is 0 Å². The molecule has 0 amide bonds. The van der Waals surface area contributed by atoms with Crippen LogP contribution in [0.25, 0.3) is 0 Å². The van der Waals surface area contributed by atoms with Crippen LogP contribution < -0.4 is 10.0 Å². The predicted octanol–water partition coefficient (Wildman–Crippen LogP) is 0.405. The van der Waals surface area contributed by atoms with Gasteiger partial charge >= 0.3 is 0 Å². The molecule has 104 valence electrons. The molecule has 1 aliphatic rings. The second-order valence-electron chi connectivity index (χ2n) is 4.11. The summed E-state index contributed by atoms with van der Waals surface area (Å²) in [6, 6.07) is 4.74. The molecular formula is C11H15ClN4O2S. The molecule has 2 N–H and O–H groups in total. The van der Waals surface area contributed by atoms with Crippen LogP contribution in [0.3, 0.4) is 0 Å². The van der Waals surface area contributed by atoms with Crippen LogP contribution >= 0.6 is 12.4 Å². The van der Waals surface area contributed by atoms with Gasteiger partial charge in [0.25, 0.3) is 10.0 Å². The second-order valence-corrected chi connectivity index (χ2v) is 5.74. The molecule has 1 saturated heterocycles. The third kappa shape index (κ3) is 3.88. The predicted molar refractivity (Wildman–Crippen MR) is 72.4 cm³/mol. The van der Waals surface area contributed by atoms with Gasteiger partial charge in [-0.05, 0) is 38.1 Å². The van der Waals surface area contributed by atoms with Crippen molar-refractivity contribution in [2.75, 3.05) is 13.1 Å². The van der Waals surface area contributed by atoms with Crippen LogP contribution in [0, 0.1) is 11.3 Å². The maximum atomic E-state index is 12.1. The van der Waals surface area contributed by atoms with Gasteiger partial charge < -0.3 is 5.32 Å². The molecule has 0 saturated carbocycles. The van der Waals surface area contributed by atoms with Gasteiger partial charge in [-0.15, -0.1) is 12.4 Å². The number of aromatic nitrogens is 1. The van der Waals surface area contributed by atoms with E-state index in [1.54, 1.807) is 6.07 Å². The smallest absolute Gasteiger partial charge is 0.259 e. The molecule has 1 fully saturated rings. The van der Waals surface area contributed by atoms with Crippen molar-refractivity contribution >= 4 is 22.4 Å². The van der Waals surface area contributed by atoms with Crippen molar-refractivity contribution in [3.05, 3.63) is 23.9 Å². The number of piperidine rings is 1. The minimum atomic E-state index is -3.71. The van der Waals surface area contributed by atoms with Crippen LogP contribution in [-0.2, 0) is 10.0 Å². The first-order valence-corrected chi connectivity index (χ1v) is 7.20. The lowest BCUT2D eigenvalue weighted by Crippen LogP contribution is -2.43. The van der Waals surface area contributed by atoms with Crippen molar-refractivity contribution in [1.29, 1.82) is 5.26 Å². The summed E-state index contributed by atoms with van der Waals surface area (Å²) in [7, 11) is -3.71. The molecule has 2 rings (SSSR count). The van der Waals surface area contributed by atoms with E-state index in [4.69, 9.17) is 5.26 Å². The summed E-state index contributed by atoms with van der Waals surface area (Å²) in [6.07, 6.45) is 2.86. The highest BCUT2D eigenvalue weighted by Crippen LogP contribution is 2.13. The number of hydrogen-bond donors (Lipinski definition) is 2. The molecule has 1 aromatic heterocycles. The second kappa shape index (κ2) is 6.82. The largest absolute Gasteiger partial charge is 0.317 e. The lowest BCUT2D eigenvalue weighted by Gasteiger charge is -2.23. The molecule has 0 atom stereocenters. The zero-order valence-electron chi connectivity index (χ0n) is 10.2. The molecule has 0 bridgehead atoms. The Morgan fingerprint density at radius 1 is 1.42 bits per heavy atom. The summed E-state index contributed by atoms with van der Waals surface area (Å²) in [5, 5.41) is 11.9. The Morgan fingerprint density at radius 2 is 2.11 bits per heavy atom. The summed E-state index contributed by atoms with van der Waals surface area (Å²) >= 11 is 0. The molecule has 2 heterocycles. The summed E-state index contributed by atoms with van der Waals surface area (Å²) in [5.74, 6) is 0. The first kappa shape index (κ1) is 15.9. The van der Waals surface area contributed by atoms with Gasteiger partial charge in [-0.2, -0.15) is 5.26 Å². The highest BCUT2D eigenvalue weighted by atomic mass is 35.5. The first-order valence-electron chi connectivity index (χ1n) is 5.71. The van der Waals surface area contributed by atoms with Crippen LogP contribution in [0.4, 0.5) is 0 Å². The lowest BCUT2D eigenvalue weighted by atomic mass is 10.1. The number of nitrogens with one attached hydrogen (secondary N) is 2. The van der Waals surface area contributed by atoms with Crippen LogP contribution in [0.5, 0.6) is 0 Å². The fourth-order valence-corrected chi connectivity index (χ4v) is 3.29. The van der Waals surface area contributed by atoms with Crippen LogP contribution in [0.2, 0.25) is 0 Å². The Morgan fingerprint density at radius 3 is 2.74 bits per heavy atom. The number of hydrogen-bond acceptors (Lipinski definition) is 5. The quantitative estimate of drug-likeness (QED) is 0.843. The standard InChI is InChI=1S/C11H14N4O2S.ClH/c12-8-9-2-1-5-14-11(9)18(16,17)15-10-3-6-13-7-4-10;/h1-2,5,10,13,15H,3-4,6-7H2;1H. The first-order chi connectivity index (χ1) is 8.63. The van der Waals surface area contributed by atoms with E-state index < -0.39 is 10.0 Å². The highest BCUT2D eigenvalue weighted by Gasteiger charge is 2.24. The van der Waals surface area contributed by atoms with Gasteiger partial charge in [0.05, 0.1) is 5.56 Å². The van der Waals surface area contributed by atoms with Gasteiger partial charge in [-0.25, -0.2) is 18.1 Å². The third-order valence-electron chi connectivity index (χ3n) is 2.81. The summed E-state index contributed by atoms with van der Waals surface area (Å²) < 4.78 is 26.9. The van der Waals surface area contributed by atoms with Gasteiger partial charge in [-0.3, -0.25) is 0 Å². The Balaban J connectivity index is 0.00000180. The van der Waals surface area contributed by atoms with Crippen molar-refractivity contribution in [1.82, 2.24) is 15.0 Å². The van der Waals surface area contributed by atoms with E-state index >= 15 is 0 Å². The lowest BCUT2D eigenvalue weighted by molar-refractivity contribution is 0.426. The Kier molecular flexibility index (Phi) is 5.69. The van der Waals surface area contributed by atoms with Crippen LogP contribution in [0.15, 0.2) is 23.4 Å². The molecule has 8 heteroatoms. The number of pyridine rings is 1. The fraction of sp³-hybridized carbons (Fsp3) is 0.455. The number of halogens is 1. The van der Waals surface area contributed by atoms with Crippen molar-refractivity contribution in [2.24, 2.45) is 0 Å². The molecule has 0 unspecified atom stereocenters. The maximum absolute atomic E-state index is 12.1. The number of nitriles is 1. The van der Waals surface area contributed by atoms with Gasteiger partial charge in [0.1, 0.15) is 6.07 Å². The minimum absolute atomic E-state index is 0. The number of rotatable bonds is 3. The van der Waals surface area contributed by atoms with Crippen molar-refractivity contribution in [3.63, 3.8) is 0 Å². The average Bonchev–Trinajstić information content (AvgIpc) is 2.39. The number of nitrogens with zero attached hydrogens (tertiary/aromatic N) is 2. The van der Waals surface area contributed by atoms with Gasteiger partial charge in [0.15, 0.2) is 5.03 Å². The Bertz CT molecular complexity index is 564. The molecule has 1 aromatic rings. The highest BCUT2D eigenvalue weighted by molar-refractivity contribution is 7.89. The summed E-state index contributed by atoms with van der Waals surface area (Å²) in [5.41, 5.74) is 0.0685. The van der Waals surface area contributed by atoms with Crippen molar-refractivity contribution in [3.8, 4) is 6.07 Å². The minimum Gasteiger partial charge on any atom is -0.317 e. The molecule has 19 heavy (non-hydrogen) atoms. The van der Waals surface area contributed by atoms with Crippen LogP contribution in [0.1, 0.15) is 18.4 Å². The van der Waals surface area contributed by atoms with E-state index in [1.165, 1.54) is 12.3 Å². The van der Waals surface area contributed by atoms with Crippen molar-refractivity contribution < 1.29 is 8.42 Å². The van der Waals surface area contributed by atoms with E-state index in [-0.39, 0.29) is 29.0 Å². The van der Waals surface area contributed by atoms with Crippen molar-refractivity contribution in [2.45, 2.75) is 23.9 Å². The van der Waals surface area contributed by atoms with E-state index in [2.05, 4.69) is 15.0 Å². The normalized spacial score (nSPS) is 16.4. The molecular weight excluding hydrogens is 288 g/mol. The molecule has 6 nitrogen and oxygen atoms in total.